The minimum Gasteiger partial charge on any atom is -0.478 e. The highest BCUT2D eigenvalue weighted by molar-refractivity contribution is 7.18. The van der Waals surface area contributed by atoms with Gasteiger partial charge in [-0.15, -0.1) is 11.3 Å². The number of carboxylic acids is 1. The predicted molar refractivity (Wildman–Crippen MR) is 148 cm³/mol. The van der Waals surface area contributed by atoms with Gasteiger partial charge in [-0.3, -0.25) is 0 Å². The number of fused-ring (bicyclic) bond motifs is 1. The van der Waals surface area contributed by atoms with Crippen molar-refractivity contribution in [1.82, 2.24) is 10.1 Å². The van der Waals surface area contributed by atoms with Crippen LogP contribution in [0.5, 0.6) is 5.75 Å². The van der Waals surface area contributed by atoms with Crippen molar-refractivity contribution in [3.63, 3.8) is 0 Å². The van der Waals surface area contributed by atoms with Gasteiger partial charge in [0.2, 0.25) is 0 Å². The Labute approximate surface area is 239 Å². The Morgan fingerprint density at radius 1 is 1.12 bits per heavy atom. The van der Waals surface area contributed by atoms with Crippen LogP contribution in [-0.2, 0) is 11.3 Å². The van der Waals surface area contributed by atoms with Gasteiger partial charge in [0, 0.05) is 35.6 Å². The molecule has 0 bridgehead atoms. The van der Waals surface area contributed by atoms with E-state index in [0.29, 0.717) is 41.8 Å². The van der Waals surface area contributed by atoms with Crippen molar-refractivity contribution in [1.29, 1.82) is 0 Å². The van der Waals surface area contributed by atoms with Crippen molar-refractivity contribution in [3.8, 4) is 17.0 Å². The molecule has 218 valence electrons. The highest BCUT2D eigenvalue weighted by atomic mass is 32.1. The van der Waals surface area contributed by atoms with E-state index in [1.165, 1.54) is 48.8 Å². The number of alkyl halides is 2. The van der Waals surface area contributed by atoms with Gasteiger partial charge in [-0.25, -0.2) is 14.2 Å². The van der Waals surface area contributed by atoms with Gasteiger partial charge in [0.05, 0.1) is 27.4 Å². The van der Waals surface area contributed by atoms with E-state index in [1.807, 2.05) is 6.92 Å². The molecule has 2 saturated carbocycles. The molecule has 0 saturated heterocycles. The smallest absolute Gasteiger partial charge is 0.387 e. The zero-order valence-corrected chi connectivity index (χ0v) is 23.4. The van der Waals surface area contributed by atoms with Gasteiger partial charge in [0.15, 0.2) is 0 Å². The highest BCUT2D eigenvalue weighted by Gasteiger charge is 2.33. The number of aromatic nitrogens is 2. The Hall–Kier alpha value is -3.44. The van der Waals surface area contributed by atoms with Crippen LogP contribution in [0.1, 0.15) is 90.4 Å². The standard InChI is InChI=1S/C16H17F2NO3.C14H14FNO2S/c1-2-20-9-12-14(19-22-15(12)10-7-8-10)11-5-3-4-6-13(11)21-16(17)18;15-10-7-11-12(6-9(10)14(17)18)19-13(16-11)8-4-2-1-3-5-8/h3-6,10,16H,2,7-9H2,1H3;6-8H,1-5H2,(H,17,18). The summed E-state index contributed by atoms with van der Waals surface area (Å²) in [5.41, 5.74) is 2.15. The fraction of sp³-hybridized carbons (Fsp3) is 0.433. The van der Waals surface area contributed by atoms with Crippen molar-refractivity contribution in [2.75, 3.05) is 6.61 Å². The first kappa shape index (κ1) is 29.1. The molecule has 0 unspecified atom stereocenters. The Balaban J connectivity index is 0.000000166. The van der Waals surface area contributed by atoms with E-state index in [-0.39, 0.29) is 11.3 Å². The topological polar surface area (TPSA) is 94.7 Å². The summed E-state index contributed by atoms with van der Waals surface area (Å²) < 4.78 is 55.1. The van der Waals surface area contributed by atoms with Crippen LogP contribution in [0.3, 0.4) is 0 Å². The van der Waals surface area contributed by atoms with Crippen LogP contribution in [0.15, 0.2) is 40.9 Å². The van der Waals surface area contributed by atoms with E-state index in [0.717, 1.165) is 46.7 Å². The lowest BCUT2D eigenvalue weighted by atomic mass is 9.90. The summed E-state index contributed by atoms with van der Waals surface area (Å²) in [6, 6.07) is 9.23. The van der Waals surface area contributed by atoms with Crippen LogP contribution in [-0.4, -0.2) is 34.4 Å². The second-order valence-electron chi connectivity index (χ2n) is 10.2. The molecule has 2 aromatic heterocycles. The molecule has 6 rings (SSSR count). The first-order valence-electron chi connectivity index (χ1n) is 13.8. The maximum atomic E-state index is 13.6. The molecular weight excluding hydrogens is 557 g/mol. The van der Waals surface area contributed by atoms with Crippen molar-refractivity contribution < 1.29 is 37.1 Å². The van der Waals surface area contributed by atoms with E-state index in [2.05, 4.69) is 14.9 Å². The summed E-state index contributed by atoms with van der Waals surface area (Å²) in [5, 5.41) is 14.0. The lowest BCUT2D eigenvalue weighted by Crippen LogP contribution is -2.04. The molecule has 2 aromatic carbocycles. The minimum atomic E-state index is -2.88. The summed E-state index contributed by atoms with van der Waals surface area (Å²) in [4.78, 5) is 15.4. The number of carbonyl (C=O) groups is 1. The number of rotatable bonds is 9. The third kappa shape index (κ3) is 6.90. The van der Waals surface area contributed by atoms with Gasteiger partial charge in [0.25, 0.3) is 0 Å². The summed E-state index contributed by atoms with van der Waals surface area (Å²) >= 11 is 1.50. The molecule has 7 nitrogen and oxygen atoms in total. The third-order valence-corrected chi connectivity index (χ3v) is 8.43. The quantitative estimate of drug-likeness (QED) is 0.209. The summed E-state index contributed by atoms with van der Waals surface area (Å²) in [6.07, 6.45) is 8.10. The molecule has 0 atom stereocenters. The summed E-state index contributed by atoms with van der Waals surface area (Å²) in [6.45, 7) is -0.0716. The van der Waals surface area contributed by atoms with E-state index in [9.17, 15) is 18.0 Å². The summed E-state index contributed by atoms with van der Waals surface area (Å²) in [5.74, 6) is -0.226. The number of hydrogen-bond acceptors (Lipinski definition) is 7. The highest BCUT2D eigenvalue weighted by Crippen LogP contribution is 2.45. The van der Waals surface area contributed by atoms with Crippen LogP contribution >= 0.6 is 11.3 Å². The largest absolute Gasteiger partial charge is 0.478 e. The number of thiazole rings is 1. The number of benzene rings is 2. The average Bonchev–Trinajstić information content (AvgIpc) is 3.59. The molecule has 41 heavy (non-hydrogen) atoms. The fourth-order valence-electron chi connectivity index (χ4n) is 5.06. The molecule has 11 heteroatoms. The maximum absolute atomic E-state index is 13.6. The van der Waals surface area contributed by atoms with Crippen molar-refractivity contribution >= 4 is 27.5 Å². The van der Waals surface area contributed by atoms with Crippen LogP contribution in [0.2, 0.25) is 0 Å². The maximum Gasteiger partial charge on any atom is 0.387 e. The van der Waals surface area contributed by atoms with Crippen LogP contribution in [0.25, 0.3) is 21.5 Å². The number of hydrogen-bond donors (Lipinski definition) is 1. The number of ether oxygens (including phenoxy) is 2. The Morgan fingerprint density at radius 2 is 1.88 bits per heavy atom. The number of para-hydroxylation sites is 1. The first-order valence-corrected chi connectivity index (χ1v) is 14.6. The monoisotopic (exact) mass is 588 g/mol. The number of carboxylic acid groups (broad SMARTS) is 1. The number of halogens is 3. The number of nitrogens with zero attached hydrogens (tertiary/aromatic N) is 2. The molecule has 0 radical (unpaired) electrons. The molecule has 2 fully saturated rings. The van der Waals surface area contributed by atoms with E-state index in [4.69, 9.17) is 14.4 Å². The van der Waals surface area contributed by atoms with Crippen molar-refractivity contribution in [3.05, 3.63) is 64.1 Å². The average molecular weight is 589 g/mol. The molecular formula is C30H31F3N2O5S. The zero-order valence-electron chi connectivity index (χ0n) is 22.6. The molecule has 4 aromatic rings. The third-order valence-electron chi connectivity index (χ3n) is 7.25. The SMILES string of the molecule is CCOCc1c(-c2ccccc2OC(F)F)noc1C1CC1.O=C(O)c1cc2sc(C3CCCCC3)nc2cc1F. The fourth-order valence-corrected chi connectivity index (χ4v) is 6.22. The van der Waals surface area contributed by atoms with Crippen LogP contribution in [0.4, 0.5) is 13.2 Å². The van der Waals surface area contributed by atoms with E-state index < -0.39 is 18.4 Å². The van der Waals surface area contributed by atoms with Gasteiger partial charge in [-0.1, -0.05) is 36.6 Å². The predicted octanol–water partition coefficient (Wildman–Crippen LogP) is 8.54. The Kier molecular flexibility index (Phi) is 9.24. The molecule has 2 aliphatic rings. The van der Waals surface area contributed by atoms with Crippen LogP contribution in [0, 0.1) is 5.82 Å². The lowest BCUT2D eigenvalue weighted by molar-refractivity contribution is -0.0494. The van der Waals surface area contributed by atoms with Gasteiger partial charge in [0.1, 0.15) is 23.0 Å². The first-order chi connectivity index (χ1) is 19.9. The number of aromatic carboxylic acids is 1. The van der Waals surface area contributed by atoms with Gasteiger partial charge < -0.3 is 19.1 Å². The van der Waals surface area contributed by atoms with Crippen molar-refractivity contribution in [2.24, 2.45) is 0 Å². The second-order valence-corrected chi connectivity index (χ2v) is 11.2. The van der Waals surface area contributed by atoms with Gasteiger partial charge in [-0.05, 0) is 50.8 Å². The van der Waals surface area contributed by atoms with Gasteiger partial charge >= 0.3 is 12.6 Å². The Morgan fingerprint density at radius 3 is 2.56 bits per heavy atom. The normalized spacial score (nSPS) is 15.6. The summed E-state index contributed by atoms with van der Waals surface area (Å²) in [7, 11) is 0. The molecule has 0 aliphatic heterocycles. The van der Waals surface area contributed by atoms with E-state index in [1.54, 1.807) is 18.2 Å². The van der Waals surface area contributed by atoms with Crippen LogP contribution < -0.4 is 4.74 Å². The molecule has 1 N–H and O–H groups in total. The molecule has 0 spiro atoms. The van der Waals surface area contributed by atoms with Gasteiger partial charge in [-0.2, -0.15) is 8.78 Å². The minimum absolute atomic E-state index is 0.0888. The lowest BCUT2D eigenvalue weighted by Gasteiger charge is -2.18. The molecule has 0 amide bonds. The molecule has 2 aliphatic carbocycles. The Bertz CT molecular complexity index is 1490. The zero-order chi connectivity index (χ0) is 28.9. The van der Waals surface area contributed by atoms with E-state index >= 15 is 0 Å². The molecule has 2 heterocycles. The van der Waals surface area contributed by atoms with Crippen molar-refractivity contribution in [2.45, 2.75) is 76.9 Å². The second kappa shape index (κ2) is 13.0.